The lowest BCUT2D eigenvalue weighted by Crippen LogP contribution is -2.30. The lowest BCUT2D eigenvalue weighted by molar-refractivity contribution is -0.122. The molecule has 0 aliphatic carbocycles. The van der Waals surface area contributed by atoms with E-state index in [2.05, 4.69) is 15.5 Å². The van der Waals surface area contributed by atoms with Crippen LogP contribution in [-0.4, -0.2) is 29.3 Å². The van der Waals surface area contributed by atoms with Gasteiger partial charge < -0.3 is 9.47 Å². The summed E-state index contributed by atoms with van der Waals surface area (Å²) in [6, 6.07) is 13.3. The lowest BCUT2D eigenvalue weighted by Gasteiger charge is -2.14. The summed E-state index contributed by atoms with van der Waals surface area (Å²) < 4.78 is 10.9. The van der Waals surface area contributed by atoms with Crippen LogP contribution in [0.25, 0.3) is 10.6 Å². The molecule has 140 valence electrons. The minimum absolute atomic E-state index is 0.273. The van der Waals surface area contributed by atoms with Crippen molar-refractivity contribution in [2.45, 2.75) is 26.9 Å². The normalized spacial score (nSPS) is 11.7. The molecule has 0 saturated carbocycles. The summed E-state index contributed by atoms with van der Waals surface area (Å²) in [5.41, 5.74) is 3.21. The molecule has 7 heteroatoms. The van der Waals surface area contributed by atoms with Gasteiger partial charge in [0.1, 0.15) is 16.5 Å². The van der Waals surface area contributed by atoms with Crippen molar-refractivity contribution in [1.29, 1.82) is 0 Å². The van der Waals surface area contributed by atoms with Crippen LogP contribution >= 0.6 is 11.3 Å². The van der Waals surface area contributed by atoms with Crippen LogP contribution in [0.5, 0.6) is 11.5 Å². The number of nitrogens with one attached hydrogen (secondary N) is 1. The first-order valence-corrected chi connectivity index (χ1v) is 9.30. The first kappa shape index (κ1) is 18.8. The zero-order chi connectivity index (χ0) is 19.4. The molecule has 1 amide bonds. The van der Waals surface area contributed by atoms with Crippen molar-refractivity contribution >= 4 is 22.4 Å². The van der Waals surface area contributed by atoms with E-state index in [0.29, 0.717) is 10.9 Å². The molecule has 1 aromatic heterocycles. The van der Waals surface area contributed by atoms with E-state index < -0.39 is 6.10 Å². The fourth-order valence-corrected chi connectivity index (χ4v) is 3.13. The quantitative estimate of drug-likeness (QED) is 0.689. The van der Waals surface area contributed by atoms with E-state index in [1.54, 1.807) is 14.0 Å². The van der Waals surface area contributed by atoms with Gasteiger partial charge in [0.2, 0.25) is 5.13 Å². The molecular weight excluding hydrogens is 362 g/mol. The zero-order valence-corrected chi connectivity index (χ0v) is 16.5. The number of anilines is 1. The highest BCUT2D eigenvalue weighted by Gasteiger charge is 2.17. The van der Waals surface area contributed by atoms with Crippen LogP contribution in [-0.2, 0) is 4.79 Å². The van der Waals surface area contributed by atoms with E-state index in [1.807, 2.05) is 56.3 Å². The van der Waals surface area contributed by atoms with E-state index in [0.717, 1.165) is 21.9 Å². The summed E-state index contributed by atoms with van der Waals surface area (Å²) in [6.07, 6.45) is -0.652. The second kappa shape index (κ2) is 8.18. The van der Waals surface area contributed by atoms with Gasteiger partial charge in [-0.2, -0.15) is 0 Å². The molecule has 27 heavy (non-hydrogen) atoms. The second-order valence-electron chi connectivity index (χ2n) is 6.14. The molecule has 0 spiro atoms. The molecule has 0 aliphatic heterocycles. The van der Waals surface area contributed by atoms with E-state index in [9.17, 15) is 4.79 Å². The number of carbonyl (C=O) groups is 1. The highest BCUT2D eigenvalue weighted by molar-refractivity contribution is 7.18. The van der Waals surface area contributed by atoms with E-state index in [1.165, 1.54) is 16.9 Å². The van der Waals surface area contributed by atoms with Crippen molar-refractivity contribution in [3.63, 3.8) is 0 Å². The molecule has 2 aromatic carbocycles. The predicted molar refractivity (Wildman–Crippen MR) is 107 cm³/mol. The summed E-state index contributed by atoms with van der Waals surface area (Å²) in [7, 11) is 1.62. The van der Waals surface area contributed by atoms with Gasteiger partial charge in [0.25, 0.3) is 5.91 Å². The summed E-state index contributed by atoms with van der Waals surface area (Å²) in [5.74, 6) is 1.16. The van der Waals surface area contributed by atoms with Gasteiger partial charge in [-0.25, -0.2) is 0 Å². The van der Waals surface area contributed by atoms with Gasteiger partial charge in [-0.1, -0.05) is 17.4 Å². The first-order valence-electron chi connectivity index (χ1n) is 8.49. The Morgan fingerprint density at radius 3 is 2.41 bits per heavy atom. The molecule has 1 heterocycles. The van der Waals surface area contributed by atoms with Gasteiger partial charge in [0.15, 0.2) is 6.10 Å². The number of amides is 1. The molecule has 0 unspecified atom stereocenters. The van der Waals surface area contributed by atoms with Crippen LogP contribution in [0.15, 0.2) is 42.5 Å². The summed E-state index contributed by atoms with van der Waals surface area (Å²) in [5, 5.41) is 12.1. The van der Waals surface area contributed by atoms with E-state index >= 15 is 0 Å². The second-order valence-corrected chi connectivity index (χ2v) is 7.11. The van der Waals surface area contributed by atoms with Crippen LogP contribution in [0.1, 0.15) is 18.1 Å². The van der Waals surface area contributed by atoms with Gasteiger partial charge in [-0.05, 0) is 68.3 Å². The van der Waals surface area contributed by atoms with Crippen molar-refractivity contribution in [2.75, 3.05) is 12.4 Å². The Kier molecular flexibility index (Phi) is 5.71. The monoisotopic (exact) mass is 383 g/mol. The molecule has 1 atom stereocenters. The van der Waals surface area contributed by atoms with Crippen LogP contribution in [0, 0.1) is 13.8 Å². The highest BCUT2D eigenvalue weighted by atomic mass is 32.1. The van der Waals surface area contributed by atoms with Gasteiger partial charge >= 0.3 is 0 Å². The topological polar surface area (TPSA) is 73.3 Å². The maximum absolute atomic E-state index is 12.4. The SMILES string of the molecule is COc1ccc(-c2nnc(NC(=O)[C@@H](C)Oc3ccc(C)c(C)c3)s2)cc1. The Labute approximate surface area is 162 Å². The Morgan fingerprint density at radius 2 is 1.74 bits per heavy atom. The molecule has 0 bridgehead atoms. The van der Waals surface area contributed by atoms with Gasteiger partial charge in [-0.3, -0.25) is 10.1 Å². The fraction of sp³-hybridized carbons (Fsp3) is 0.250. The fourth-order valence-electron chi connectivity index (χ4n) is 2.38. The molecule has 0 radical (unpaired) electrons. The predicted octanol–water partition coefficient (Wildman–Crippen LogP) is 4.24. The van der Waals surface area contributed by atoms with Crippen molar-refractivity contribution in [1.82, 2.24) is 10.2 Å². The maximum Gasteiger partial charge on any atom is 0.266 e. The van der Waals surface area contributed by atoms with Crippen molar-refractivity contribution in [3.05, 3.63) is 53.6 Å². The molecule has 0 aliphatic rings. The van der Waals surface area contributed by atoms with Crippen LogP contribution < -0.4 is 14.8 Å². The molecule has 1 N–H and O–H groups in total. The minimum atomic E-state index is -0.652. The summed E-state index contributed by atoms with van der Waals surface area (Å²) in [4.78, 5) is 12.4. The third kappa shape index (κ3) is 4.62. The molecule has 3 rings (SSSR count). The van der Waals surface area contributed by atoms with Crippen LogP contribution in [0.4, 0.5) is 5.13 Å². The molecule has 0 fully saturated rings. The summed E-state index contributed by atoms with van der Waals surface area (Å²) >= 11 is 1.31. The first-order chi connectivity index (χ1) is 13.0. The molecular formula is C20H21N3O3S. The zero-order valence-electron chi connectivity index (χ0n) is 15.6. The number of benzene rings is 2. The Morgan fingerprint density at radius 1 is 1.04 bits per heavy atom. The lowest BCUT2D eigenvalue weighted by atomic mass is 10.1. The van der Waals surface area contributed by atoms with Crippen LogP contribution in [0.3, 0.4) is 0 Å². The number of aryl methyl sites for hydroxylation is 2. The van der Waals surface area contributed by atoms with E-state index in [-0.39, 0.29) is 5.91 Å². The number of hydrogen-bond donors (Lipinski definition) is 1. The van der Waals surface area contributed by atoms with Gasteiger partial charge in [-0.15, -0.1) is 10.2 Å². The van der Waals surface area contributed by atoms with Crippen molar-refractivity contribution in [2.24, 2.45) is 0 Å². The van der Waals surface area contributed by atoms with Gasteiger partial charge in [0, 0.05) is 5.56 Å². The Balaban J connectivity index is 1.63. The molecule has 6 nitrogen and oxygen atoms in total. The standard InChI is InChI=1S/C20H21N3O3S/c1-12-5-8-17(11-13(12)2)26-14(3)18(24)21-20-23-22-19(27-20)15-6-9-16(25-4)10-7-15/h5-11,14H,1-4H3,(H,21,23,24)/t14-/m1/s1. The number of carbonyl (C=O) groups excluding carboxylic acids is 1. The third-order valence-corrected chi connectivity index (χ3v) is 5.04. The largest absolute Gasteiger partial charge is 0.497 e. The minimum Gasteiger partial charge on any atom is -0.497 e. The number of ether oxygens (including phenoxy) is 2. The number of aromatic nitrogens is 2. The Hall–Kier alpha value is -2.93. The van der Waals surface area contributed by atoms with Crippen LogP contribution in [0.2, 0.25) is 0 Å². The Bertz CT molecular complexity index is 938. The molecule has 0 saturated heterocycles. The smallest absolute Gasteiger partial charge is 0.266 e. The number of methoxy groups -OCH3 is 1. The maximum atomic E-state index is 12.4. The molecule has 3 aromatic rings. The summed E-state index contributed by atoms with van der Waals surface area (Å²) in [6.45, 7) is 5.75. The third-order valence-electron chi connectivity index (χ3n) is 4.15. The average Bonchev–Trinajstić information content (AvgIpc) is 3.13. The van der Waals surface area contributed by atoms with Crippen molar-refractivity contribution in [3.8, 4) is 22.1 Å². The number of nitrogens with zero attached hydrogens (tertiary/aromatic N) is 2. The number of rotatable bonds is 6. The van der Waals surface area contributed by atoms with Crippen molar-refractivity contribution < 1.29 is 14.3 Å². The highest BCUT2D eigenvalue weighted by Crippen LogP contribution is 2.28. The number of hydrogen-bond acceptors (Lipinski definition) is 6. The van der Waals surface area contributed by atoms with Gasteiger partial charge in [0.05, 0.1) is 7.11 Å². The van der Waals surface area contributed by atoms with E-state index in [4.69, 9.17) is 9.47 Å². The average molecular weight is 383 g/mol.